The molecule has 1 aliphatic carbocycles. The minimum absolute atomic E-state index is 0.00751. The zero-order valence-electron chi connectivity index (χ0n) is 19.9. The van der Waals surface area contributed by atoms with Gasteiger partial charge in [0.2, 0.25) is 5.78 Å². The Morgan fingerprint density at radius 2 is 1.82 bits per heavy atom. The van der Waals surface area contributed by atoms with Crippen molar-refractivity contribution in [3.05, 3.63) is 64.9 Å². The van der Waals surface area contributed by atoms with Crippen molar-refractivity contribution in [1.29, 1.82) is 0 Å². The first-order chi connectivity index (χ1) is 16.1. The first kappa shape index (κ1) is 22.0. The van der Waals surface area contributed by atoms with Gasteiger partial charge in [-0.1, -0.05) is 17.3 Å². The van der Waals surface area contributed by atoms with E-state index in [9.17, 15) is 9.59 Å². The van der Waals surface area contributed by atoms with Gasteiger partial charge in [-0.25, -0.2) is 14.3 Å². The molecule has 0 atom stereocenters. The number of ether oxygens (including phenoxy) is 1. The van der Waals surface area contributed by atoms with Crippen molar-refractivity contribution in [2.75, 3.05) is 0 Å². The molecular formula is C26H26N4O4. The van der Waals surface area contributed by atoms with Crippen LogP contribution < -0.4 is 0 Å². The third-order valence-electron chi connectivity index (χ3n) is 5.73. The Labute approximate surface area is 196 Å². The summed E-state index contributed by atoms with van der Waals surface area (Å²) >= 11 is 0. The molecule has 4 aromatic rings. The monoisotopic (exact) mass is 458 g/mol. The highest BCUT2D eigenvalue weighted by molar-refractivity contribution is 6.11. The smallest absolute Gasteiger partial charge is 0.420 e. The summed E-state index contributed by atoms with van der Waals surface area (Å²) in [7, 11) is 0. The number of hydrogen-bond acceptors (Lipinski definition) is 7. The lowest BCUT2D eigenvalue weighted by Gasteiger charge is -2.20. The molecule has 5 rings (SSSR count). The Morgan fingerprint density at radius 3 is 2.47 bits per heavy atom. The standard InChI is InChI=1S/C26H26N4O4/c1-14-22(15(2)34-29-14)20-13-17(12-19(27-20)16-10-11-16)23(31)24-28-18-8-6-7-9-21(18)30(24)25(32)33-26(3,4)5/h6-9,12-13,16H,10-11H2,1-5H3. The Kier molecular flexibility index (Phi) is 5.11. The molecule has 8 heteroatoms. The van der Waals surface area contributed by atoms with Crippen LogP contribution in [-0.2, 0) is 4.74 Å². The summed E-state index contributed by atoms with van der Waals surface area (Å²) in [6.45, 7) is 9.02. The topological polar surface area (TPSA) is 100 Å². The van der Waals surface area contributed by atoms with Crippen LogP contribution in [-0.4, -0.2) is 37.2 Å². The third kappa shape index (κ3) is 4.00. The van der Waals surface area contributed by atoms with Gasteiger partial charge in [0.25, 0.3) is 0 Å². The number of para-hydroxylation sites is 2. The van der Waals surface area contributed by atoms with Gasteiger partial charge < -0.3 is 9.26 Å². The molecule has 3 aromatic heterocycles. The molecule has 0 radical (unpaired) electrons. The lowest BCUT2D eigenvalue weighted by Crippen LogP contribution is -2.29. The van der Waals surface area contributed by atoms with E-state index in [4.69, 9.17) is 14.2 Å². The molecule has 0 unspecified atom stereocenters. The first-order valence-corrected chi connectivity index (χ1v) is 11.3. The van der Waals surface area contributed by atoms with Crippen molar-refractivity contribution in [1.82, 2.24) is 19.7 Å². The summed E-state index contributed by atoms with van der Waals surface area (Å²) in [5.74, 6) is 0.585. The van der Waals surface area contributed by atoms with Gasteiger partial charge in [0, 0.05) is 17.2 Å². The van der Waals surface area contributed by atoms with Crippen molar-refractivity contribution in [3.63, 3.8) is 0 Å². The Hall–Kier alpha value is -3.81. The maximum atomic E-state index is 13.8. The van der Waals surface area contributed by atoms with Gasteiger partial charge >= 0.3 is 6.09 Å². The summed E-state index contributed by atoms with van der Waals surface area (Å²) < 4.78 is 12.2. The minimum Gasteiger partial charge on any atom is -0.443 e. The number of benzene rings is 1. The molecule has 1 fully saturated rings. The van der Waals surface area contributed by atoms with E-state index in [0.717, 1.165) is 24.1 Å². The van der Waals surface area contributed by atoms with Crippen LogP contribution in [0.25, 0.3) is 22.3 Å². The fourth-order valence-electron chi connectivity index (χ4n) is 4.05. The number of rotatable bonds is 4. The Morgan fingerprint density at radius 1 is 1.09 bits per heavy atom. The molecule has 1 aliphatic rings. The van der Waals surface area contributed by atoms with Gasteiger partial charge in [-0.2, -0.15) is 0 Å². The van der Waals surface area contributed by atoms with Crippen LogP contribution in [0.5, 0.6) is 0 Å². The summed E-state index contributed by atoms with van der Waals surface area (Å²) in [6, 6.07) is 10.7. The highest BCUT2D eigenvalue weighted by atomic mass is 16.6. The van der Waals surface area contributed by atoms with E-state index in [1.807, 2.05) is 19.9 Å². The summed E-state index contributed by atoms with van der Waals surface area (Å²) in [6.07, 6.45) is 1.41. The number of imidazole rings is 1. The van der Waals surface area contributed by atoms with Crippen molar-refractivity contribution in [3.8, 4) is 11.3 Å². The average molecular weight is 459 g/mol. The summed E-state index contributed by atoms with van der Waals surface area (Å²) in [5.41, 5.74) is 3.70. The molecule has 34 heavy (non-hydrogen) atoms. The van der Waals surface area contributed by atoms with Crippen LogP contribution in [0.15, 0.2) is 40.9 Å². The van der Waals surface area contributed by atoms with E-state index < -0.39 is 11.7 Å². The van der Waals surface area contributed by atoms with Crippen LogP contribution in [0.1, 0.15) is 72.9 Å². The second-order valence-electron chi connectivity index (χ2n) is 9.71. The number of carbonyl (C=O) groups is 2. The van der Waals surface area contributed by atoms with Crippen LogP contribution >= 0.6 is 0 Å². The minimum atomic E-state index is -0.727. The molecule has 3 heterocycles. The molecule has 8 nitrogen and oxygen atoms in total. The number of ketones is 1. The quantitative estimate of drug-likeness (QED) is 0.367. The van der Waals surface area contributed by atoms with Crippen molar-refractivity contribution < 1.29 is 18.8 Å². The normalized spacial score (nSPS) is 13.9. The van der Waals surface area contributed by atoms with Crippen molar-refractivity contribution >= 4 is 22.9 Å². The molecule has 0 aliphatic heterocycles. The molecule has 0 saturated heterocycles. The maximum absolute atomic E-state index is 13.8. The maximum Gasteiger partial charge on any atom is 0.420 e. The zero-order chi connectivity index (χ0) is 24.2. The fourth-order valence-corrected chi connectivity index (χ4v) is 4.05. The third-order valence-corrected chi connectivity index (χ3v) is 5.73. The number of pyridine rings is 1. The molecule has 0 bridgehead atoms. The summed E-state index contributed by atoms with van der Waals surface area (Å²) in [4.78, 5) is 36.3. The molecule has 0 N–H and O–H groups in total. The highest BCUT2D eigenvalue weighted by Gasteiger charge is 2.31. The van der Waals surface area contributed by atoms with Crippen molar-refractivity contribution in [2.45, 2.75) is 59.0 Å². The van der Waals surface area contributed by atoms with Crippen LogP contribution in [0.4, 0.5) is 4.79 Å². The number of hydrogen-bond donors (Lipinski definition) is 0. The molecule has 1 aromatic carbocycles. The van der Waals surface area contributed by atoms with E-state index in [2.05, 4.69) is 10.1 Å². The highest BCUT2D eigenvalue weighted by Crippen LogP contribution is 2.41. The molecule has 174 valence electrons. The Bertz CT molecular complexity index is 1420. The van der Waals surface area contributed by atoms with E-state index in [1.54, 1.807) is 51.1 Å². The SMILES string of the molecule is Cc1noc(C)c1-c1cc(C(=O)c2nc3ccccc3n2C(=O)OC(C)(C)C)cc(C2CC2)n1. The molecule has 0 spiro atoms. The lowest BCUT2D eigenvalue weighted by molar-refractivity contribution is 0.0535. The number of nitrogens with zero attached hydrogens (tertiary/aromatic N) is 4. The van der Waals surface area contributed by atoms with Gasteiger partial charge in [0.05, 0.1) is 28.0 Å². The molecular weight excluding hydrogens is 432 g/mol. The van der Waals surface area contributed by atoms with Crippen LogP contribution in [0.2, 0.25) is 0 Å². The predicted molar refractivity (Wildman–Crippen MR) is 126 cm³/mol. The number of aromatic nitrogens is 4. The predicted octanol–water partition coefficient (Wildman–Crippen LogP) is 5.59. The van der Waals surface area contributed by atoms with Crippen LogP contribution in [0.3, 0.4) is 0 Å². The van der Waals surface area contributed by atoms with Gasteiger partial charge in [0.15, 0.2) is 5.82 Å². The number of aryl methyl sites for hydroxylation is 2. The van der Waals surface area contributed by atoms with E-state index in [0.29, 0.717) is 39.7 Å². The second kappa shape index (κ2) is 7.90. The van der Waals surface area contributed by atoms with Crippen LogP contribution in [0, 0.1) is 13.8 Å². The average Bonchev–Trinajstić information content (AvgIpc) is 3.47. The van der Waals surface area contributed by atoms with E-state index in [-0.39, 0.29) is 11.6 Å². The zero-order valence-corrected chi connectivity index (χ0v) is 19.9. The van der Waals surface area contributed by atoms with E-state index in [1.165, 1.54) is 4.57 Å². The lowest BCUT2D eigenvalue weighted by atomic mass is 10.0. The largest absolute Gasteiger partial charge is 0.443 e. The number of carbonyl (C=O) groups excluding carboxylic acids is 2. The van der Waals surface area contributed by atoms with Crippen molar-refractivity contribution in [2.24, 2.45) is 0 Å². The molecule has 1 saturated carbocycles. The van der Waals surface area contributed by atoms with Gasteiger partial charge in [-0.3, -0.25) is 9.78 Å². The second-order valence-corrected chi connectivity index (χ2v) is 9.71. The summed E-state index contributed by atoms with van der Waals surface area (Å²) in [5, 5.41) is 4.04. The fraction of sp³-hybridized carbons (Fsp3) is 0.346. The first-order valence-electron chi connectivity index (χ1n) is 11.3. The van der Waals surface area contributed by atoms with Gasteiger partial charge in [0.1, 0.15) is 11.4 Å². The van der Waals surface area contributed by atoms with Gasteiger partial charge in [-0.15, -0.1) is 0 Å². The Balaban J connectivity index is 1.66. The van der Waals surface area contributed by atoms with E-state index >= 15 is 0 Å². The molecule has 0 amide bonds. The van der Waals surface area contributed by atoms with Gasteiger partial charge in [-0.05, 0) is 71.7 Å². The number of fused-ring (bicyclic) bond motifs is 1.